The predicted molar refractivity (Wildman–Crippen MR) is 104 cm³/mol. The Bertz CT molecular complexity index is 795. The maximum atomic E-state index is 7.01. The van der Waals surface area contributed by atoms with Crippen LogP contribution in [0.15, 0.2) is 42.5 Å². The zero-order valence-electron chi connectivity index (χ0n) is 14.3. The van der Waals surface area contributed by atoms with Gasteiger partial charge >= 0.3 is 0 Å². The first kappa shape index (κ1) is 18.4. The van der Waals surface area contributed by atoms with E-state index >= 15 is 0 Å². The highest BCUT2D eigenvalue weighted by molar-refractivity contribution is 6.33. The average molecular weight is 414 g/mol. The molecule has 6 heteroatoms. The van der Waals surface area contributed by atoms with E-state index in [-0.39, 0.29) is 18.1 Å². The molecule has 2 aliphatic rings. The molecule has 0 spiro atoms. The highest BCUT2D eigenvalue weighted by Crippen LogP contribution is 2.53. The number of hydrogen-bond acceptors (Lipinski definition) is 3. The molecule has 3 nitrogen and oxygen atoms in total. The molecular weight excluding hydrogens is 395 g/mol. The second-order valence-electron chi connectivity index (χ2n) is 6.84. The molecule has 2 aliphatic heterocycles. The Morgan fingerprint density at radius 2 is 1.85 bits per heavy atom. The van der Waals surface area contributed by atoms with Crippen LogP contribution >= 0.6 is 34.8 Å². The molecule has 0 radical (unpaired) electrons. The molecule has 0 saturated carbocycles. The minimum Gasteiger partial charge on any atom is -0.497 e. The van der Waals surface area contributed by atoms with Gasteiger partial charge in [-0.2, -0.15) is 0 Å². The maximum Gasteiger partial charge on any atom is 0.118 e. The third-order valence-electron chi connectivity index (χ3n) is 5.28. The van der Waals surface area contributed by atoms with Crippen LogP contribution in [-0.4, -0.2) is 25.2 Å². The molecule has 26 heavy (non-hydrogen) atoms. The van der Waals surface area contributed by atoms with Crippen LogP contribution in [-0.2, 0) is 9.47 Å². The fourth-order valence-corrected chi connectivity index (χ4v) is 4.64. The summed E-state index contributed by atoms with van der Waals surface area (Å²) in [5.41, 5.74) is 1.96. The first-order valence-electron chi connectivity index (χ1n) is 8.51. The van der Waals surface area contributed by atoms with Gasteiger partial charge in [0.1, 0.15) is 5.75 Å². The van der Waals surface area contributed by atoms with E-state index in [1.165, 1.54) is 0 Å². The maximum absolute atomic E-state index is 7.01. The van der Waals surface area contributed by atoms with E-state index in [2.05, 4.69) is 0 Å². The van der Waals surface area contributed by atoms with Crippen molar-refractivity contribution in [3.63, 3.8) is 0 Å². The molecule has 2 aromatic carbocycles. The third kappa shape index (κ3) is 3.32. The van der Waals surface area contributed by atoms with Crippen molar-refractivity contribution in [1.29, 1.82) is 0 Å². The highest BCUT2D eigenvalue weighted by Gasteiger charge is 2.53. The van der Waals surface area contributed by atoms with Crippen molar-refractivity contribution in [2.24, 2.45) is 5.92 Å². The lowest BCUT2D eigenvalue weighted by Crippen LogP contribution is -2.41. The van der Waals surface area contributed by atoms with Gasteiger partial charge in [0.2, 0.25) is 0 Å². The van der Waals surface area contributed by atoms with E-state index in [9.17, 15) is 0 Å². The zero-order chi connectivity index (χ0) is 18.3. The summed E-state index contributed by atoms with van der Waals surface area (Å²) in [7, 11) is 1.65. The molecule has 0 bridgehead atoms. The van der Waals surface area contributed by atoms with Gasteiger partial charge in [0.05, 0.1) is 37.4 Å². The summed E-state index contributed by atoms with van der Waals surface area (Å²) in [5.74, 6) is 0.895. The lowest BCUT2D eigenvalue weighted by Gasteiger charge is -2.39. The van der Waals surface area contributed by atoms with Crippen molar-refractivity contribution in [3.05, 3.63) is 63.6 Å². The Balaban J connectivity index is 1.55. The standard InChI is InChI=1S/C20H19Cl3O3/c1-24-14-5-2-12(3-6-14)19-16-10-25-18(9-20(16,23)11-26-19)15-8-13(21)4-7-17(15)22/h2-8,16,18-19H,9-11H2,1H3/t16-,18+,19+,20-/m1/s1. The molecule has 0 aromatic heterocycles. The van der Waals surface area contributed by atoms with Crippen LogP contribution in [0.5, 0.6) is 5.75 Å². The number of methoxy groups -OCH3 is 1. The molecule has 0 unspecified atom stereocenters. The number of alkyl halides is 1. The Morgan fingerprint density at radius 1 is 1.08 bits per heavy atom. The Labute approximate surface area is 168 Å². The number of fused-ring (bicyclic) bond motifs is 1. The Morgan fingerprint density at radius 3 is 2.58 bits per heavy atom. The van der Waals surface area contributed by atoms with Gasteiger partial charge in [-0.05, 0) is 42.3 Å². The van der Waals surface area contributed by atoms with Gasteiger partial charge in [0, 0.05) is 21.5 Å². The number of hydrogen-bond donors (Lipinski definition) is 0. The van der Waals surface area contributed by atoms with E-state index in [0.717, 1.165) is 16.9 Å². The van der Waals surface area contributed by atoms with Gasteiger partial charge in [-0.25, -0.2) is 0 Å². The number of benzene rings is 2. The summed E-state index contributed by atoms with van der Waals surface area (Å²) in [6.45, 7) is 0.988. The predicted octanol–water partition coefficient (Wildman–Crippen LogP) is 5.83. The van der Waals surface area contributed by atoms with Crippen molar-refractivity contribution < 1.29 is 14.2 Å². The quantitative estimate of drug-likeness (QED) is 0.593. The summed E-state index contributed by atoms with van der Waals surface area (Å²) in [6.07, 6.45) is 0.355. The average Bonchev–Trinajstić information content (AvgIpc) is 3.00. The van der Waals surface area contributed by atoms with Crippen molar-refractivity contribution in [2.45, 2.75) is 23.5 Å². The SMILES string of the molecule is COc1ccc([C@@H]2OC[C@]3(Cl)C[C@@H](c4cc(Cl)ccc4Cl)OC[C@H]23)cc1. The largest absolute Gasteiger partial charge is 0.497 e. The molecule has 2 saturated heterocycles. The highest BCUT2D eigenvalue weighted by atomic mass is 35.5. The smallest absolute Gasteiger partial charge is 0.118 e. The van der Waals surface area contributed by atoms with Crippen molar-refractivity contribution in [1.82, 2.24) is 0 Å². The first-order valence-corrected chi connectivity index (χ1v) is 9.64. The second kappa shape index (κ2) is 7.21. The second-order valence-corrected chi connectivity index (χ2v) is 8.43. The molecule has 2 aromatic rings. The van der Waals surface area contributed by atoms with Gasteiger partial charge in [-0.1, -0.05) is 35.3 Å². The van der Waals surface area contributed by atoms with E-state index < -0.39 is 4.87 Å². The molecule has 0 N–H and O–H groups in total. The molecule has 4 atom stereocenters. The molecule has 2 heterocycles. The van der Waals surface area contributed by atoms with Gasteiger partial charge in [0.15, 0.2) is 0 Å². The summed E-state index contributed by atoms with van der Waals surface area (Å²) < 4.78 is 17.5. The zero-order valence-corrected chi connectivity index (χ0v) is 16.5. The topological polar surface area (TPSA) is 27.7 Å². The van der Waals surface area contributed by atoms with E-state index in [1.807, 2.05) is 30.3 Å². The minimum absolute atomic E-state index is 0.0757. The van der Waals surface area contributed by atoms with Crippen molar-refractivity contribution in [2.75, 3.05) is 20.3 Å². The summed E-state index contributed by atoms with van der Waals surface area (Å²) >= 11 is 19.5. The van der Waals surface area contributed by atoms with Gasteiger partial charge in [-0.15, -0.1) is 11.6 Å². The van der Waals surface area contributed by atoms with Crippen LogP contribution in [0, 0.1) is 5.92 Å². The molecule has 0 amide bonds. The van der Waals surface area contributed by atoms with Crippen LogP contribution in [0.4, 0.5) is 0 Å². The van der Waals surface area contributed by atoms with E-state index in [1.54, 1.807) is 19.2 Å². The van der Waals surface area contributed by atoms with Gasteiger partial charge in [0.25, 0.3) is 0 Å². The molecule has 2 fully saturated rings. The summed E-state index contributed by atoms with van der Waals surface area (Å²) in [4.78, 5) is -0.487. The Hall–Kier alpha value is -0.970. The van der Waals surface area contributed by atoms with Crippen molar-refractivity contribution in [3.8, 4) is 5.75 Å². The van der Waals surface area contributed by atoms with E-state index in [4.69, 9.17) is 49.0 Å². The van der Waals surface area contributed by atoms with Crippen LogP contribution < -0.4 is 4.74 Å². The van der Waals surface area contributed by atoms with Crippen LogP contribution in [0.1, 0.15) is 29.8 Å². The fourth-order valence-electron chi connectivity index (χ4n) is 3.84. The minimum atomic E-state index is -0.487. The lowest BCUT2D eigenvalue weighted by molar-refractivity contribution is -0.0380. The summed E-state index contributed by atoms with van der Waals surface area (Å²) in [6, 6.07) is 13.3. The van der Waals surface area contributed by atoms with Crippen LogP contribution in [0.25, 0.3) is 0 Å². The lowest BCUT2D eigenvalue weighted by atomic mass is 9.80. The molecule has 0 aliphatic carbocycles. The summed E-state index contributed by atoms with van der Waals surface area (Å²) in [5, 5.41) is 1.28. The monoisotopic (exact) mass is 412 g/mol. The number of rotatable bonds is 3. The van der Waals surface area contributed by atoms with Crippen molar-refractivity contribution >= 4 is 34.8 Å². The number of ether oxygens (including phenoxy) is 3. The van der Waals surface area contributed by atoms with Gasteiger partial charge in [-0.3, -0.25) is 0 Å². The van der Waals surface area contributed by atoms with Crippen LogP contribution in [0.3, 0.4) is 0 Å². The fraction of sp³-hybridized carbons (Fsp3) is 0.400. The van der Waals surface area contributed by atoms with Gasteiger partial charge < -0.3 is 14.2 Å². The Kier molecular flexibility index (Phi) is 5.10. The van der Waals surface area contributed by atoms with Crippen LogP contribution in [0.2, 0.25) is 10.0 Å². The number of halogens is 3. The molecular formula is C20H19Cl3O3. The first-order chi connectivity index (χ1) is 12.5. The molecule has 4 rings (SSSR count). The van der Waals surface area contributed by atoms with E-state index in [0.29, 0.717) is 29.7 Å². The molecule has 138 valence electrons. The normalized spacial score (nSPS) is 30.8. The third-order valence-corrected chi connectivity index (χ3v) is 6.41.